The number of ether oxygens (including phenoxy) is 1. The second-order valence-electron chi connectivity index (χ2n) is 5.21. The Morgan fingerprint density at radius 2 is 1.65 bits per heavy atom. The van der Waals surface area contributed by atoms with Gasteiger partial charge in [0.1, 0.15) is 12.4 Å². The molecule has 0 spiro atoms. The first-order valence-corrected chi connectivity index (χ1v) is 7.10. The largest absolute Gasteiger partial charge is 0.489 e. The van der Waals surface area contributed by atoms with Gasteiger partial charge in [-0.1, -0.05) is 42.5 Å². The lowest BCUT2D eigenvalue weighted by atomic mass is 10.1. The molecule has 0 amide bonds. The molecule has 20 heavy (non-hydrogen) atoms. The zero-order valence-corrected chi connectivity index (χ0v) is 12.2. The highest BCUT2D eigenvalue weighted by atomic mass is 16.5. The molecule has 0 aliphatic carbocycles. The highest BCUT2D eigenvalue weighted by Crippen LogP contribution is 2.22. The van der Waals surface area contributed by atoms with Crippen LogP contribution in [0, 0.1) is 6.92 Å². The number of aryl methyl sites for hydroxylation is 2. The molecule has 2 nitrogen and oxygen atoms in total. The van der Waals surface area contributed by atoms with Crippen LogP contribution in [0.3, 0.4) is 0 Å². The van der Waals surface area contributed by atoms with Crippen molar-refractivity contribution in [3.05, 3.63) is 65.2 Å². The van der Waals surface area contributed by atoms with Crippen LogP contribution in [0.4, 0.5) is 0 Å². The van der Waals surface area contributed by atoms with E-state index in [1.54, 1.807) is 0 Å². The van der Waals surface area contributed by atoms with E-state index in [0.29, 0.717) is 6.61 Å². The molecular formula is C18H22O2. The molecule has 2 rings (SSSR count). The topological polar surface area (TPSA) is 29.5 Å². The second-order valence-corrected chi connectivity index (χ2v) is 5.21. The van der Waals surface area contributed by atoms with Crippen LogP contribution in [-0.4, -0.2) is 11.2 Å². The smallest absolute Gasteiger partial charge is 0.122 e. The number of aliphatic hydroxyl groups is 1. The molecule has 1 atom stereocenters. The van der Waals surface area contributed by atoms with Crippen molar-refractivity contribution in [3.63, 3.8) is 0 Å². The van der Waals surface area contributed by atoms with Crippen molar-refractivity contribution < 1.29 is 9.84 Å². The van der Waals surface area contributed by atoms with Crippen molar-refractivity contribution in [1.29, 1.82) is 0 Å². The van der Waals surface area contributed by atoms with Crippen molar-refractivity contribution in [2.24, 2.45) is 0 Å². The van der Waals surface area contributed by atoms with Gasteiger partial charge in [0.2, 0.25) is 0 Å². The van der Waals surface area contributed by atoms with Gasteiger partial charge >= 0.3 is 0 Å². The van der Waals surface area contributed by atoms with Crippen LogP contribution in [0.2, 0.25) is 0 Å². The number of benzene rings is 2. The Bertz CT molecular complexity index is 547. The summed E-state index contributed by atoms with van der Waals surface area (Å²) in [5.74, 6) is 0.913. The van der Waals surface area contributed by atoms with Gasteiger partial charge in [0.05, 0.1) is 6.10 Å². The zero-order chi connectivity index (χ0) is 14.4. The fourth-order valence-corrected chi connectivity index (χ4v) is 2.14. The monoisotopic (exact) mass is 270 g/mol. The molecule has 2 heteroatoms. The SMILES string of the molecule is Cc1ccccc1COc1ccccc1CCC(C)O. The molecule has 0 radical (unpaired) electrons. The fraction of sp³-hybridized carbons (Fsp3) is 0.333. The molecule has 0 fully saturated rings. The predicted octanol–water partition coefficient (Wildman–Crippen LogP) is 3.89. The van der Waals surface area contributed by atoms with Gasteiger partial charge in [0.15, 0.2) is 0 Å². The average Bonchev–Trinajstić information content (AvgIpc) is 2.45. The Balaban J connectivity index is 2.04. The maximum Gasteiger partial charge on any atom is 0.122 e. The van der Waals surface area contributed by atoms with E-state index in [4.69, 9.17) is 4.74 Å². The number of rotatable bonds is 6. The lowest BCUT2D eigenvalue weighted by molar-refractivity contribution is 0.184. The van der Waals surface area contributed by atoms with Crippen LogP contribution in [-0.2, 0) is 13.0 Å². The van der Waals surface area contributed by atoms with Gasteiger partial charge < -0.3 is 9.84 Å². The molecule has 106 valence electrons. The van der Waals surface area contributed by atoms with Crippen LogP contribution in [0.25, 0.3) is 0 Å². The first kappa shape index (κ1) is 14.6. The van der Waals surface area contributed by atoms with E-state index < -0.39 is 0 Å². The van der Waals surface area contributed by atoms with Crippen LogP contribution in [0.5, 0.6) is 5.75 Å². The Hall–Kier alpha value is -1.80. The Morgan fingerprint density at radius 1 is 1.00 bits per heavy atom. The third-order valence-corrected chi connectivity index (χ3v) is 3.45. The third-order valence-electron chi connectivity index (χ3n) is 3.45. The summed E-state index contributed by atoms with van der Waals surface area (Å²) in [7, 11) is 0. The first-order chi connectivity index (χ1) is 9.66. The van der Waals surface area contributed by atoms with Gasteiger partial charge in [-0.3, -0.25) is 0 Å². The lowest BCUT2D eigenvalue weighted by Crippen LogP contribution is -2.04. The summed E-state index contributed by atoms with van der Waals surface area (Å²) in [5, 5.41) is 9.41. The summed E-state index contributed by atoms with van der Waals surface area (Å²) in [4.78, 5) is 0. The highest BCUT2D eigenvalue weighted by Gasteiger charge is 2.06. The molecule has 0 bridgehead atoms. The maximum absolute atomic E-state index is 9.41. The Morgan fingerprint density at radius 3 is 2.35 bits per heavy atom. The van der Waals surface area contributed by atoms with Gasteiger partial charge in [-0.15, -0.1) is 0 Å². The molecule has 0 saturated heterocycles. The van der Waals surface area contributed by atoms with Crippen LogP contribution >= 0.6 is 0 Å². The quantitative estimate of drug-likeness (QED) is 0.863. The predicted molar refractivity (Wildman–Crippen MR) is 82.0 cm³/mol. The summed E-state index contributed by atoms with van der Waals surface area (Å²) in [6.07, 6.45) is 1.31. The summed E-state index contributed by atoms with van der Waals surface area (Å²) in [5.41, 5.74) is 3.61. The molecular weight excluding hydrogens is 248 g/mol. The highest BCUT2D eigenvalue weighted by molar-refractivity contribution is 5.34. The summed E-state index contributed by atoms with van der Waals surface area (Å²) < 4.78 is 5.95. The molecule has 2 aromatic rings. The summed E-state index contributed by atoms with van der Waals surface area (Å²) >= 11 is 0. The summed E-state index contributed by atoms with van der Waals surface area (Å²) in [6, 6.07) is 16.3. The molecule has 0 saturated carbocycles. The first-order valence-electron chi connectivity index (χ1n) is 7.10. The van der Waals surface area contributed by atoms with Crippen LogP contribution < -0.4 is 4.74 Å². The van der Waals surface area contributed by atoms with Crippen molar-refractivity contribution in [2.75, 3.05) is 0 Å². The fourth-order valence-electron chi connectivity index (χ4n) is 2.14. The molecule has 2 aromatic carbocycles. The Kier molecular flexibility index (Phi) is 5.19. The molecule has 0 aromatic heterocycles. The van der Waals surface area contributed by atoms with Gasteiger partial charge in [-0.2, -0.15) is 0 Å². The van der Waals surface area contributed by atoms with Crippen molar-refractivity contribution in [3.8, 4) is 5.75 Å². The van der Waals surface area contributed by atoms with Crippen molar-refractivity contribution in [2.45, 2.75) is 39.4 Å². The molecule has 1 N–H and O–H groups in total. The minimum atomic E-state index is -0.278. The number of hydrogen-bond donors (Lipinski definition) is 1. The second kappa shape index (κ2) is 7.11. The van der Waals surface area contributed by atoms with Gasteiger partial charge in [-0.25, -0.2) is 0 Å². The summed E-state index contributed by atoms with van der Waals surface area (Å²) in [6.45, 7) is 4.49. The van der Waals surface area contributed by atoms with Gasteiger partial charge in [0.25, 0.3) is 0 Å². The molecule has 0 aliphatic heterocycles. The van der Waals surface area contributed by atoms with Gasteiger partial charge in [-0.05, 0) is 49.4 Å². The normalized spacial score (nSPS) is 12.2. The van der Waals surface area contributed by atoms with Crippen LogP contribution in [0.1, 0.15) is 30.0 Å². The minimum absolute atomic E-state index is 0.278. The number of aliphatic hydroxyl groups excluding tert-OH is 1. The molecule has 0 heterocycles. The van der Waals surface area contributed by atoms with E-state index in [1.165, 1.54) is 11.1 Å². The standard InChI is InChI=1S/C18H22O2/c1-14-7-3-4-9-17(14)13-20-18-10-6-5-8-16(18)12-11-15(2)19/h3-10,15,19H,11-13H2,1-2H3. The van der Waals surface area contributed by atoms with Gasteiger partial charge in [0, 0.05) is 0 Å². The third kappa shape index (κ3) is 4.10. The van der Waals surface area contributed by atoms with Crippen LogP contribution in [0.15, 0.2) is 48.5 Å². The van der Waals surface area contributed by atoms with E-state index in [2.05, 4.69) is 25.1 Å². The minimum Gasteiger partial charge on any atom is -0.489 e. The van der Waals surface area contributed by atoms with E-state index in [1.807, 2.05) is 37.3 Å². The van der Waals surface area contributed by atoms with E-state index in [9.17, 15) is 5.11 Å². The average molecular weight is 270 g/mol. The van der Waals surface area contributed by atoms with E-state index >= 15 is 0 Å². The number of para-hydroxylation sites is 1. The van der Waals surface area contributed by atoms with E-state index in [-0.39, 0.29) is 6.10 Å². The zero-order valence-electron chi connectivity index (χ0n) is 12.2. The molecule has 1 unspecified atom stereocenters. The van der Waals surface area contributed by atoms with Crippen molar-refractivity contribution in [1.82, 2.24) is 0 Å². The molecule has 0 aliphatic rings. The maximum atomic E-state index is 9.41. The Labute approximate surface area is 121 Å². The van der Waals surface area contributed by atoms with Crippen molar-refractivity contribution >= 4 is 0 Å². The number of hydrogen-bond acceptors (Lipinski definition) is 2. The lowest BCUT2D eigenvalue weighted by Gasteiger charge is -2.13. The van der Waals surface area contributed by atoms with E-state index in [0.717, 1.165) is 24.2 Å².